The summed E-state index contributed by atoms with van der Waals surface area (Å²) in [6, 6.07) is 0.835. The molecule has 1 atom stereocenters. The second-order valence-corrected chi connectivity index (χ2v) is 9.69. The van der Waals surface area contributed by atoms with Gasteiger partial charge in [0, 0.05) is 25.3 Å². The number of nitrogens with one attached hydrogen (secondary N) is 1. The first-order valence-electron chi connectivity index (χ1n) is 10.5. The maximum atomic E-state index is 15.2. The average molecular weight is 466 g/mol. The zero-order valence-corrected chi connectivity index (χ0v) is 18.8. The largest absolute Gasteiger partial charge is 0.477 e. The van der Waals surface area contributed by atoms with Gasteiger partial charge in [0.15, 0.2) is 0 Å². The number of aromatic nitrogens is 1. The number of carboxylic acid groups (broad SMARTS) is 1. The number of rotatable bonds is 4. The van der Waals surface area contributed by atoms with Crippen molar-refractivity contribution >= 4 is 40.3 Å². The normalized spacial score (nSPS) is 18.8. The van der Waals surface area contributed by atoms with Crippen molar-refractivity contribution in [3.8, 4) is 0 Å². The number of hydrogen-bond acceptors (Lipinski definition) is 5. The van der Waals surface area contributed by atoms with Crippen LogP contribution in [0.25, 0.3) is 10.9 Å². The number of hydrogen-bond donors (Lipinski definition) is 2. The molecule has 0 unspecified atom stereocenters. The minimum absolute atomic E-state index is 0.0205. The second kappa shape index (κ2) is 7.95. The molecule has 2 fully saturated rings. The van der Waals surface area contributed by atoms with Crippen LogP contribution in [-0.2, 0) is 4.74 Å². The zero-order valence-electron chi connectivity index (χ0n) is 18.1. The van der Waals surface area contributed by atoms with Crippen LogP contribution in [0.2, 0.25) is 5.02 Å². The Morgan fingerprint density at radius 3 is 2.56 bits per heavy atom. The van der Waals surface area contributed by atoms with E-state index in [0.717, 1.165) is 18.9 Å². The lowest BCUT2D eigenvalue weighted by Gasteiger charge is -2.24. The summed E-state index contributed by atoms with van der Waals surface area (Å²) in [6.07, 6.45) is 2.98. The van der Waals surface area contributed by atoms with Crippen LogP contribution in [-0.4, -0.2) is 46.5 Å². The lowest BCUT2D eigenvalue weighted by atomic mass is 10.1. The van der Waals surface area contributed by atoms with Crippen LogP contribution >= 0.6 is 11.6 Å². The van der Waals surface area contributed by atoms with E-state index in [-0.39, 0.29) is 28.2 Å². The Morgan fingerprint density at radius 1 is 1.28 bits per heavy atom. The van der Waals surface area contributed by atoms with Crippen molar-refractivity contribution in [3.05, 3.63) is 38.9 Å². The fraction of sp³-hybridized carbons (Fsp3) is 0.500. The monoisotopic (exact) mass is 465 g/mol. The van der Waals surface area contributed by atoms with Crippen molar-refractivity contribution in [2.24, 2.45) is 0 Å². The fourth-order valence-electron chi connectivity index (χ4n) is 4.07. The van der Waals surface area contributed by atoms with Crippen molar-refractivity contribution in [2.45, 2.75) is 57.7 Å². The molecule has 2 N–H and O–H groups in total. The van der Waals surface area contributed by atoms with Crippen LogP contribution in [0.4, 0.5) is 14.9 Å². The molecule has 2 aromatic rings. The van der Waals surface area contributed by atoms with Gasteiger partial charge in [-0.05, 0) is 46.1 Å². The zero-order chi connectivity index (χ0) is 23.4. The van der Waals surface area contributed by atoms with Gasteiger partial charge in [-0.2, -0.15) is 0 Å². The molecule has 2 heterocycles. The van der Waals surface area contributed by atoms with Crippen LogP contribution in [0.15, 0.2) is 17.1 Å². The van der Waals surface area contributed by atoms with Gasteiger partial charge in [-0.25, -0.2) is 14.0 Å². The summed E-state index contributed by atoms with van der Waals surface area (Å²) in [5, 5.41) is 12.2. The summed E-state index contributed by atoms with van der Waals surface area (Å²) in [7, 11) is 0. The summed E-state index contributed by atoms with van der Waals surface area (Å²) in [6.45, 7) is 6.08. The van der Waals surface area contributed by atoms with E-state index >= 15 is 4.39 Å². The second-order valence-electron chi connectivity index (χ2n) is 9.31. The predicted octanol–water partition coefficient (Wildman–Crippen LogP) is 3.93. The smallest absolute Gasteiger partial charge is 0.407 e. The van der Waals surface area contributed by atoms with Crippen molar-refractivity contribution < 1.29 is 23.8 Å². The third kappa shape index (κ3) is 4.26. The number of carbonyl (C=O) groups is 2. The Hall–Kier alpha value is -2.81. The van der Waals surface area contributed by atoms with Crippen LogP contribution < -0.4 is 15.6 Å². The molecule has 1 aliphatic carbocycles. The van der Waals surface area contributed by atoms with E-state index in [0.29, 0.717) is 25.0 Å². The molecular weight excluding hydrogens is 441 g/mol. The van der Waals surface area contributed by atoms with Gasteiger partial charge < -0.3 is 24.6 Å². The van der Waals surface area contributed by atoms with E-state index in [1.807, 2.05) is 0 Å². The van der Waals surface area contributed by atoms with Gasteiger partial charge in [-0.3, -0.25) is 4.79 Å². The minimum atomic E-state index is -1.36. The van der Waals surface area contributed by atoms with Gasteiger partial charge in [-0.1, -0.05) is 11.6 Å². The van der Waals surface area contributed by atoms with E-state index in [1.54, 1.807) is 30.2 Å². The molecule has 172 valence electrons. The molecule has 10 heteroatoms. The number of anilines is 1. The first-order valence-corrected chi connectivity index (χ1v) is 10.9. The van der Waals surface area contributed by atoms with E-state index in [2.05, 4.69) is 5.32 Å². The number of ether oxygens (including phenoxy) is 1. The molecule has 4 rings (SSSR count). The number of carboxylic acids is 1. The summed E-state index contributed by atoms with van der Waals surface area (Å²) < 4.78 is 22.1. The SMILES string of the molecule is CC(C)(C)OC(=O)N[C@@H]1CCN(c2c(F)cc3c(=O)c(C(=O)O)cn(C4CC4)c3c2Cl)C1. The Morgan fingerprint density at radius 2 is 1.97 bits per heavy atom. The van der Waals surface area contributed by atoms with E-state index in [1.165, 1.54) is 6.20 Å². The number of amides is 1. The van der Waals surface area contributed by atoms with Gasteiger partial charge in [0.2, 0.25) is 5.43 Å². The van der Waals surface area contributed by atoms with Crippen LogP contribution in [0.5, 0.6) is 0 Å². The first-order chi connectivity index (χ1) is 15.0. The fourth-order valence-corrected chi connectivity index (χ4v) is 4.48. The molecule has 32 heavy (non-hydrogen) atoms. The van der Waals surface area contributed by atoms with Gasteiger partial charge in [-0.15, -0.1) is 0 Å². The minimum Gasteiger partial charge on any atom is -0.477 e. The highest BCUT2D eigenvalue weighted by molar-refractivity contribution is 6.38. The molecular formula is C22H25ClFN3O5. The summed E-state index contributed by atoms with van der Waals surface area (Å²) in [4.78, 5) is 38.0. The third-order valence-electron chi connectivity index (χ3n) is 5.58. The maximum Gasteiger partial charge on any atom is 0.407 e. The van der Waals surface area contributed by atoms with Crippen molar-refractivity contribution in [1.82, 2.24) is 9.88 Å². The quantitative estimate of drug-likeness (QED) is 0.709. The number of halogens is 2. The number of nitrogens with zero attached hydrogens (tertiary/aromatic N) is 2. The Balaban J connectivity index is 1.69. The molecule has 0 spiro atoms. The number of pyridine rings is 1. The first kappa shape index (κ1) is 22.4. The molecule has 1 amide bonds. The molecule has 0 bridgehead atoms. The molecule has 1 aromatic heterocycles. The Labute approximate surface area is 188 Å². The Kier molecular flexibility index (Phi) is 5.56. The lowest BCUT2D eigenvalue weighted by Crippen LogP contribution is -2.40. The van der Waals surface area contributed by atoms with E-state index < -0.39 is 34.5 Å². The van der Waals surface area contributed by atoms with Crippen LogP contribution in [0.1, 0.15) is 56.4 Å². The third-order valence-corrected chi connectivity index (χ3v) is 5.94. The highest BCUT2D eigenvalue weighted by Crippen LogP contribution is 2.42. The Bertz CT molecular complexity index is 1170. The molecule has 8 nitrogen and oxygen atoms in total. The number of carbonyl (C=O) groups excluding carboxylic acids is 1. The number of aromatic carboxylic acids is 1. The lowest BCUT2D eigenvalue weighted by molar-refractivity contribution is 0.0508. The molecule has 0 radical (unpaired) electrons. The van der Waals surface area contributed by atoms with Crippen molar-refractivity contribution in [1.29, 1.82) is 0 Å². The van der Waals surface area contributed by atoms with Gasteiger partial charge >= 0.3 is 12.1 Å². The summed E-state index contributed by atoms with van der Waals surface area (Å²) >= 11 is 6.65. The van der Waals surface area contributed by atoms with Crippen molar-refractivity contribution in [3.63, 3.8) is 0 Å². The molecule has 1 saturated carbocycles. The molecule has 1 aromatic carbocycles. The standard InChI is InChI=1S/C22H25ClFN3O5/c1-22(2,3)32-21(31)25-11-6-7-26(9-11)18-15(24)8-13-17(16(18)23)27(12-4-5-12)10-14(19(13)28)20(29)30/h8,10-12H,4-7,9H2,1-3H3,(H,25,31)(H,29,30)/t11-/m1/s1. The molecule has 2 aliphatic rings. The van der Waals surface area contributed by atoms with Gasteiger partial charge in [0.25, 0.3) is 0 Å². The van der Waals surface area contributed by atoms with E-state index in [9.17, 15) is 19.5 Å². The van der Waals surface area contributed by atoms with Crippen molar-refractivity contribution in [2.75, 3.05) is 18.0 Å². The number of fused-ring (bicyclic) bond motifs is 1. The van der Waals surface area contributed by atoms with E-state index in [4.69, 9.17) is 16.3 Å². The van der Waals surface area contributed by atoms with Crippen LogP contribution in [0, 0.1) is 5.82 Å². The number of benzene rings is 1. The summed E-state index contributed by atoms with van der Waals surface area (Å²) in [5.41, 5.74) is -1.32. The average Bonchev–Trinajstić information content (AvgIpc) is 3.41. The molecule has 1 aliphatic heterocycles. The van der Waals surface area contributed by atoms with Crippen LogP contribution in [0.3, 0.4) is 0 Å². The summed E-state index contributed by atoms with van der Waals surface area (Å²) in [5.74, 6) is -2.06. The highest BCUT2D eigenvalue weighted by atomic mass is 35.5. The van der Waals surface area contributed by atoms with Gasteiger partial charge in [0.05, 0.1) is 27.7 Å². The van der Waals surface area contributed by atoms with Gasteiger partial charge in [0.1, 0.15) is 17.0 Å². The maximum absolute atomic E-state index is 15.2. The molecule has 1 saturated heterocycles. The topological polar surface area (TPSA) is 101 Å². The highest BCUT2D eigenvalue weighted by Gasteiger charge is 2.33. The number of alkyl carbamates (subject to hydrolysis) is 1. The predicted molar refractivity (Wildman–Crippen MR) is 118 cm³/mol.